The van der Waals surface area contributed by atoms with Crippen molar-refractivity contribution in [3.8, 4) is 0 Å². The van der Waals surface area contributed by atoms with E-state index in [2.05, 4.69) is 5.10 Å². The smallest absolute Gasteiger partial charge is 0.163 e. The minimum atomic E-state index is 0.183. The second kappa shape index (κ2) is 5.29. The van der Waals surface area contributed by atoms with Gasteiger partial charge in [0.15, 0.2) is 5.78 Å². The molecule has 0 aliphatic carbocycles. The Morgan fingerprint density at radius 1 is 1.10 bits per heavy atom. The van der Waals surface area contributed by atoms with Gasteiger partial charge in [-0.05, 0) is 23.3 Å². The first-order chi connectivity index (χ1) is 9.75. The third kappa shape index (κ3) is 2.35. The van der Waals surface area contributed by atoms with Crippen molar-refractivity contribution in [3.05, 3.63) is 66.0 Å². The van der Waals surface area contributed by atoms with Gasteiger partial charge in [0.25, 0.3) is 0 Å². The molecule has 1 heterocycles. The van der Waals surface area contributed by atoms with Gasteiger partial charge in [-0.25, -0.2) is 0 Å². The minimum absolute atomic E-state index is 0.183. The van der Waals surface area contributed by atoms with Gasteiger partial charge in [-0.3, -0.25) is 9.48 Å². The number of rotatable bonds is 4. The van der Waals surface area contributed by atoms with E-state index in [1.165, 1.54) is 0 Å². The monoisotopic (exact) mass is 264 g/mol. The van der Waals surface area contributed by atoms with Gasteiger partial charge in [-0.15, -0.1) is 0 Å². The predicted octanol–water partition coefficient (Wildman–Crippen LogP) is 3.39. The second-order valence-electron chi connectivity index (χ2n) is 4.90. The van der Waals surface area contributed by atoms with Crippen LogP contribution in [0.1, 0.15) is 22.5 Å². The lowest BCUT2D eigenvalue weighted by atomic mass is 9.98. The van der Waals surface area contributed by atoms with Crippen molar-refractivity contribution in [2.75, 3.05) is 0 Å². The van der Waals surface area contributed by atoms with Crippen molar-refractivity contribution < 1.29 is 4.79 Å². The molecule has 3 nitrogen and oxygen atoms in total. The molecule has 0 fully saturated rings. The molecule has 3 heteroatoms. The quantitative estimate of drug-likeness (QED) is 0.677. The highest BCUT2D eigenvalue weighted by Gasteiger charge is 2.10. The summed E-state index contributed by atoms with van der Waals surface area (Å²) in [6, 6.07) is 15.9. The molecule has 3 rings (SSSR count). The fourth-order valence-corrected chi connectivity index (χ4v) is 2.49. The molecule has 0 saturated heterocycles. The predicted molar refractivity (Wildman–Crippen MR) is 79.8 cm³/mol. The summed E-state index contributed by atoms with van der Waals surface area (Å²) in [5, 5.41) is 6.27. The fourth-order valence-electron chi connectivity index (χ4n) is 2.49. The topological polar surface area (TPSA) is 34.9 Å². The highest BCUT2D eigenvalue weighted by atomic mass is 16.1. The Kier molecular flexibility index (Phi) is 3.33. The summed E-state index contributed by atoms with van der Waals surface area (Å²) in [5.74, 6) is 0.183. The number of nitrogens with zero attached hydrogens (tertiary/aromatic N) is 2. The minimum Gasteiger partial charge on any atom is -0.294 e. The van der Waals surface area contributed by atoms with Crippen LogP contribution in [0.5, 0.6) is 0 Å². The van der Waals surface area contributed by atoms with E-state index in [4.69, 9.17) is 0 Å². The van der Waals surface area contributed by atoms with Gasteiger partial charge >= 0.3 is 0 Å². The van der Waals surface area contributed by atoms with E-state index in [0.717, 1.165) is 28.5 Å². The number of aromatic nitrogens is 2. The number of hydrogen-bond donors (Lipinski definition) is 0. The van der Waals surface area contributed by atoms with Crippen LogP contribution in [0.2, 0.25) is 0 Å². The van der Waals surface area contributed by atoms with Gasteiger partial charge in [-0.1, -0.05) is 42.5 Å². The highest BCUT2D eigenvalue weighted by molar-refractivity contribution is 6.08. The van der Waals surface area contributed by atoms with Crippen LogP contribution < -0.4 is 0 Å². The molecule has 3 aromatic rings. The van der Waals surface area contributed by atoms with Crippen molar-refractivity contribution in [3.63, 3.8) is 0 Å². The van der Waals surface area contributed by atoms with Crippen LogP contribution in [0.25, 0.3) is 10.8 Å². The van der Waals surface area contributed by atoms with Gasteiger partial charge in [0.05, 0.1) is 0 Å². The first kappa shape index (κ1) is 12.6. The largest absolute Gasteiger partial charge is 0.294 e. The Morgan fingerprint density at radius 3 is 2.70 bits per heavy atom. The van der Waals surface area contributed by atoms with E-state index in [-0.39, 0.29) is 5.78 Å². The Hall–Kier alpha value is -2.42. The first-order valence-corrected chi connectivity index (χ1v) is 6.73. The van der Waals surface area contributed by atoms with Crippen LogP contribution in [0.4, 0.5) is 0 Å². The normalized spacial score (nSPS) is 10.8. The lowest BCUT2D eigenvalue weighted by molar-refractivity contribution is 0.0984. The summed E-state index contributed by atoms with van der Waals surface area (Å²) < 4.78 is 1.82. The first-order valence-electron chi connectivity index (χ1n) is 6.73. The van der Waals surface area contributed by atoms with Crippen LogP contribution >= 0.6 is 0 Å². The molecule has 2 aromatic carbocycles. The van der Waals surface area contributed by atoms with Crippen LogP contribution in [-0.2, 0) is 13.5 Å². The Balaban J connectivity index is 1.84. The molecule has 0 N–H and O–H groups in total. The number of hydrogen-bond acceptors (Lipinski definition) is 2. The van der Waals surface area contributed by atoms with Gasteiger partial charge in [0.2, 0.25) is 0 Å². The molecular weight excluding hydrogens is 248 g/mol. The summed E-state index contributed by atoms with van der Waals surface area (Å²) in [7, 11) is 1.90. The maximum atomic E-state index is 12.4. The number of benzene rings is 2. The molecule has 1 aromatic heterocycles. The van der Waals surface area contributed by atoms with Crippen LogP contribution in [0, 0.1) is 0 Å². The fraction of sp³-hybridized carbons (Fsp3) is 0.176. The zero-order valence-corrected chi connectivity index (χ0v) is 11.4. The third-order valence-electron chi connectivity index (χ3n) is 3.62. The lowest BCUT2D eigenvalue weighted by Crippen LogP contribution is -2.05. The molecule has 0 saturated carbocycles. The van der Waals surface area contributed by atoms with Gasteiger partial charge < -0.3 is 0 Å². The maximum Gasteiger partial charge on any atom is 0.163 e. The molecule has 0 amide bonds. The van der Waals surface area contributed by atoms with E-state index >= 15 is 0 Å². The summed E-state index contributed by atoms with van der Waals surface area (Å²) in [6.07, 6.45) is 2.99. The molecule has 0 atom stereocenters. The molecular formula is C17H16N2O. The van der Waals surface area contributed by atoms with Gasteiger partial charge in [0, 0.05) is 30.9 Å². The average Bonchev–Trinajstić information content (AvgIpc) is 2.89. The molecule has 0 radical (unpaired) electrons. The van der Waals surface area contributed by atoms with Crippen molar-refractivity contribution in [2.45, 2.75) is 12.8 Å². The van der Waals surface area contributed by atoms with Crippen LogP contribution in [0.15, 0.2) is 54.7 Å². The van der Waals surface area contributed by atoms with Crippen molar-refractivity contribution in [1.82, 2.24) is 9.78 Å². The van der Waals surface area contributed by atoms with E-state index in [0.29, 0.717) is 6.42 Å². The summed E-state index contributed by atoms with van der Waals surface area (Å²) in [4.78, 5) is 12.4. The number of Topliss-reactive ketones (excluding diaryl/α,β-unsaturated/α-hetero) is 1. The number of ketones is 1. The molecule has 0 bridgehead atoms. The molecule has 0 aliphatic rings. The Labute approximate surface area is 117 Å². The lowest BCUT2D eigenvalue weighted by Gasteiger charge is -2.06. The van der Waals surface area contributed by atoms with Crippen LogP contribution in [-0.4, -0.2) is 15.6 Å². The summed E-state index contributed by atoms with van der Waals surface area (Å²) in [6.45, 7) is 0. The number of fused-ring (bicyclic) bond motifs is 1. The van der Waals surface area contributed by atoms with Gasteiger partial charge in [0.1, 0.15) is 0 Å². The number of carbonyl (C=O) groups is 1. The molecule has 0 unspecified atom stereocenters. The standard InChI is InChI=1S/C17H16N2O/c1-19-14(11-12-18-19)9-10-17(20)16-8-4-6-13-5-2-3-7-15(13)16/h2-8,11-12H,9-10H2,1H3. The maximum absolute atomic E-state index is 12.4. The van der Waals surface area contributed by atoms with E-state index < -0.39 is 0 Å². The van der Waals surface area contributed by atoms with Crippen molar-refractivity contribution in [1.29, 1.82) is 0 Å². The molecule has 0 aliphatic heterocycles. The van der Waals surface area contributed by atoms with Crippen LogP contribution in [0.3, 0.4) is 0 Å². The average molecular weight is 264 g/mol. The SMILES string of the molecule is Cn1nccc1CCC(=O)c1cccc2ccccc12. The van der Waals surface area contributed by atoms with E-state index in [1.807, 2.05) is 60.3 Å². The van der Waals surface area contributed by atoms with Crippen molar-refractivity contribution >= 4 is 16.6 Å². The molecule has 0 spiro atoms. The Bertz CT molecular complexity index is 753. The number of carbonyl (C=O) groups excluding carboxylic acids is 1. The molecule has 100 valence electrons. The van der Waals surface area contributed by atoms with Gasteiger partial charge in [-0.2, -0.15) is 5.10 Å². The number of aryl methyl sites for hydroxylation is 2. The highest BCUT2D eigenvalue weighted by Crippen LogP contribution is 2.20. The molecule has 20 heavy (non-hydrogen) atoms. The summed E-state index contributed by atoms with van der Waals surface area (Å²) in [5.41, 5.74) is 1.89. The zero-order valence-electron chi connectivity index (χ0n) is 11.4. The summed E-state index contributed by atoms with van der Waals surface area (Å²) >= 11 is 0. The second-order valence-corrected chi connectivity index (χ2v) is 4.90. The Morgan fingerprint density at radius 2 is 1.90 bits per heavy atom. The van der Waals surface area contributed by atoms with E-state index in [1.54, 1.807) is 6.20 Å². The van der Waals surface area contributed by atoms with Crippen molar-refractivity contribution in [2.24, 2.45) is 7.05 Å². The van der Waals surface area contributed by atoms with E-state index in [9.17, 15) is 4.79 Å². The third-order valence-corrected chi connectivity index (χ3v) is 3.62. The zero-order chi connectivity index (χ0) is 13.9.